The number of carbonyl (C=O) groups excluding carboxylic acids is 6. The molecule has 278 valence electrons. The third-order valence-corrected chi connectivity index (χ3v) is 8.62. The summed E-state index contributed by atoms with van der Waals surface area (Å²) in [7, 11) is 5.60. The van der Waals surface area contributed by atoms with Crippen LogP contribution in [-0.4, -0.2) is 107 Å². The van der Waals surface area contributed by atoms with Gasteiger partial charge in [0, 0.05) is 30.6 Å². The van der Waals surface area contributed by atoms with Gasteiger partial charge >= 0.3 is 0 Å². The minimum Gasteiger partial charge on any atom is -0.396 e. The molecule has 0 heterocycles. The molecule has 0 aliphatic heterocycles. The fraction of sp³-hybridized carbons (Fsp3) is 0.829. The fourth-order valence-corrected chi connectivity index (χ4v) is 5.31. The molecule has 4 atom stereocenters. The van der Waals surface area contributed by atoms with Crippen LogP contribution in [-0.2, 0) is 28.8 Å². The zero-order valence-corrected chi connectivity index (χ0v) is 30.5. The van der Waals surface area contributed by atoms with Gasteiger partial charge in [-0.1, -0.05) is 33.6 Å². The first-order valence-corrected chi connectivity index (χ1v) is 17.9. The number of hydrogen-bond acceptors (Lipinski definition) is 10. The fourth-order valence-electron chi connectivity index (χ4n) is 5.31. The van der Waals surface area contributed by atoms with Crippen LogP contribution in [0, 0.1) is 23.7 Å². The normalized spacial score (nSPS) is 13.8. The maximum atomic E-state index is 13.7. The van der Waals surface area contributed by atoms with Crippen molar-refractivity contribution in [2.24, 2.45) is 23.7 Å². The van der Waals surface area contributed by atoms with Gasteiger partial charge in [-0.3, -0.25) is 28.8 Å². The molecule has 0 saturated heterocycles. The smallest absolute Gasteiger partial charge is 0.226 e. The van der Waals surface area contributed by atoms with E-state index in [1.54, 1.807) is 13.8 Å². The Balaban J connectivity index is 5.53. The molecule has 13 nitrogen and oxygen atoms in total. The molecule has 0 fully saturated rings. The number of hydrogen-bond donors (Lipinski definition) is 7. The van der Waals surface area contributed by atoms with Gasteiger partial charge in [-0.2, -0.15) is 0 Å². The topological polar surface area (TPSA) is 195 Å². The zero-order valence-electron chi connectivity index (χ0n) is 30.5. The number of Topliss-reactive ketones (excluding diaryl/α,β-unsaturated/α-hetero) is 3. The van der Waals surface area contributed by atoms with Crippen LogP contribution in [0.1, 0.15) is 97.8 Å². The summed E-state index contributed by atoms with van der Waals surface area (Å²) in [6.45, 7) is 6.70. The first-order valence-electron chi connectivity index (χ1n) is 17.9. The highest BCUT2D eigenvalue weighted by Gasteiger charge is 2.29. The van der Waals surface area contributed by atoms with Gasteiger partial charge in [0.05, 0.1) is 31.7 Å². The SMILES string of the molecule is CCC(CCCCNC)C(=O)NC(CCCCNC)C(=O)CC(CCCCNC)C(=O)NCC(=O)CC(CO)C(=O)NCC(=O)C(C)C. The quantitative estimate of drug-likeness (QED) is 0.0524. The molecule has 0 bridgehead atoms. The van der Waals surface area contributed by atoms with Crippen molar-refractivity contribution in [3.63, 3.8) is 0 Å². The maximum Gasteiger partial charge on any atom is 0.226 e. The Morgan fingerprint density at radius 1 is 0.583 bits per heavy atom. The van der Waals surface area contributed by atoms with Crippen LogP contribution in [0.25, 0.3) is 0 Å². The molecule has 0 aromatic heterocycles. The van der Waals surface area contributed by atoms with Gasteiger partial charge < -0.3 is 37.0 Å². The maximum absolute atomic E-state index is 13.7. The minimum absolute atomic E-state index is 0.0684. The van der Waals surface area contributed by atoms with Crippen molar-refractivity contribution in [1.82, 2.24) is 31.9 Å². The highest BCUT2D eigenvalue weighted by molar-refractivity contribution is 5.95. The summed E-state index contributed by atoms with van der Waals surface area (Å²) in [5.74, 6) is -4.20. The highest BCUT2D eigenvalue weighted by atomic mass is 16.3. The number of unbranched alkanes of at least 4 members (excludes halogenated alkanes) is 3. The monoisotopic (exact) mass is 682 g/mol. The molecule has 0 aliphatic carbocycles. The summed E-state index contributed by atoms with van der Waals surface area (Å²) in [4.78, 5) is 77.3. The summed E-state index contributed by atoms with van der Waals surface area (Å²) < 4.78 is 0. The Hall–Kier alpha value is -2.74. The standard InChI is InChI=1S/C35H66N6O7/c1-7-26(14-8-11-17-36-4)35(48)41-30(16-10-13-19-38-6)31(44)21-27(15-9-12-18-37-5)33(46)39-22-29(43)20-28(24-42)34(47)40-23-32(45)25(2)3/h25-28,30,36-38,42H,7-24H2,1-6H3,(H,39,46)(H,40,47)(H,41,48). The Labute approximate surface area is 288 Å². The molecule has 7 N–H and O–H groups in total. The zero-order chi connectivity index (χ0) is 36.3. The number of nitrogens with one attached hydrogen (secondary N) is 6. The first kappa shape index (κ1) is 45.3. The van der Waals surface area contributed by atoms with Crippen molar-refractivity contribution < 1.29 is 33.9 Å². The Morgan fingerprint density at radius 3 is 1.58 bits per heavy atom. The molecule has 0 rings (SSSR count). The van der Waals surface area contributed by atoms with Crippen LogP contribution in [0.5, 0.6) is 0 Å². The van der Waals surface area contributed by atoms with Crippen molar-refractivity contribution in [3.8, 4) is 0 Å². The van der Waals surface area contributed by atoms with Gasteiger partial charge in [0.2, 0.25) is 17.7 Å². The molecule has 3 amide bonds. The van der Waals surface area contributed by atoms with Gasteiger partial charge in [0.15, 0.2) is 17.3 Å². The van der Waals surface area contributed by atoms with Crippen LogP contribution in [0.15, 0.2) is 0 Å². The molecule has 0 saturated carbocycles. The summed E-state index contributed by atoms with van der Waals surface area (Å²) in [6.07, 6.45) is 6.88. The van der Waals surface area contributed by atoms with E-state index >= 15 is 0 Å². The van der Waals surface area contributed by atoms with E-state index in [0.717, 1.165) is 58.2 Å². The molecule has 0 aromatic carbocycles. The second-order valence-corrected chi connectivity index (χ2v) is 13.0. The average molecular weight is 683 g/mol. The van der Waals surface area contributed by atoms with Gasteiger partial charge in [-0.05, 0) is 92.1 Å². The second kappa shape index (κ2) is 28.1. The molecule has 13 heteroatoms. The molecule has 0 spiro atoms. The number of aliphatic hydroxyl groups is 1. The van der Waals surface area contributed by atoms with Crippen molar-refractivity contribution >= 4 is 35.1 Å². The second-order valence-electron chi connectivity index (χ2n) is 13.0. The van der Waals surface area contributed by atoms with Gasteiger partial charge in [-0.25, -0.2) is 0 Å². The molecular formula is C35H66N6O7. The third-order valence-electron chi connectivity index (χ3n) is 8.62. The molecule has 0 aliphatic rings. The number of ketones is 3. The largest absolute Gasteiger partial charge is 0.396 e. The van der Waals surface area contributed by atoms with Crippen LogP contribution in [0.2, 0.25) is 0 Å². The lowest BCUT2D eigenvalue weighted by atomic mass is 9.90. The molecule has 4 unspecified atom stereocenters. The van der Waals surface area contributed by atoms with Gasteiger partial charge in [0.1, 0.15) is 0 Å². The van der Waals surface area contributed by atoms with Crippen LogP contribution >= 0.6 is 0 Å². The number of rotatable bonds is 31. The van der Waals surface area contributed by atoms with Crippen LogP contribution in [0.4, 0.5) is 0 Å². The highest BCUT2D eigenvalue weighted by Crippen LogP contribution is 2.19. The predicted octanol–water partition coefficient (Wildman–Crippen LogP) is 1.27. The average Bonchev–Trinajstić information content (AvgIpc) is 3.07. The number of aliphatic hydroxyl groups excluding tert-OH is 1. The lowest BCUT2D eigenvalue weighted by molar-refractivity contribution is -0.134. The summed E-state index contributed by atoms with van der Waals surface area (Å²) >= 11 is 0. The van der Waals surface area contributed by atoms with Crippen LogP contribution < -0.4 is 31.9 Å². The van der Waals surface area contributed by atoms with E-state index in [1.165, 1.54) is 0 Å². The van der Waals surface area contributed by atoms with E-state index in [2.05, 4.69) is 31.9 Å². The molecule has 48 heavy (non-hydrogen) atoms. The molecule has 0 aromatic rings. The van der Waals surface area contributed by atoms with Crippen molar-refractivity contribution in [1.29, 1.82) is 0 Å². The van der Waals surface area contributed by atoms with Gasteiger partial charge in [0.25, 0.3) is 0 Å². The van der Waals surface area contributed by atoms with E-state index in [0.29, 0.717) is 25.7 Å². The number of carbonyl (C=O) groups is 6. The van der Waals surface area contributed by atoms with Crippen molar-refractivity contribution in [3.05, 3.63) is 0 Å². The van der Waals surface area contributed by atoms with E-state index < -0.39 is 42.1 Å². The Kier molecular flexibility index (Phi) is 26.5. The minimum atomic E-state index is -1.05. The number of amides is 3. The Morgan fingerprint density at radius 2 is 1.08 bits per heavy atom. The predicted molar refractivity (Wildman–Crippen MR) is 188 cm³/mol. The van der Waals surface area contributed by atoms with E-state index in [-0.39, 0.29) is 55.2 Å². The van der Waals surface area contributed by atoms with Gasteiger partial charge in [-0.15, -0.1) is 0 Å². The summed E-state index contributed by atoms with van der Waals surface area (Å²) in [6, 6.07) is -0.707. The Bertz CT molecular complexity index is 962. The molecular weight excluding hydrogens is 616 g/mol. The summed E-state index contributed by atoms with van der Waals surface area (Å²) in [5.41, 5.74) is 0. The molecule has 0 radical (unpaired) electrons. The van der Waals surface area contributed by atoms with Crippen molar-refractivity contribution in [2.75, 3.05) is 60.5 Å². The van der Waals surface area contributed by atoms with E-state index in [4.69, 9.17) is 0 Å². The summed E-state index contributed by atoms with van der Waals surface area (Å²) in [5, 5.41) is 27.1. The third kappa shape index (κ3) is 20.6. The lowest BCUT2D eigenvalue weighted by Gasteiger charge is -2.24. The van der Waals surface area contributed by atoms with Crippen LogP contribution in [0.3, 0.4) is 0 Å². The van der Waals surface area contributed by atoms with E-state index in [1.807, 2.05) is 28.1 Å². The van der Waals surface area contributed by atoms with E-state index in [9.17, 15) is 33.9 Å². The first-order chi connectivity index (χ1) is 22.9. The van der Waals surface area contributed by atoms with Crippen molar-refractivity contribution in [2.45, 2.75) is 104 Å². The lowest BCUT2D eigenvalue weighted by Crippen LogP contribution is -2.45.